The van der Waals surface area contributed by atoms with Crippen LogP contribution in [0.4, 0.5) is 0 Å². The Hall–Kier alpha value is -0.630. The second-order valence-electron chi connectivity index (χ2n) is 1.69. The maximum atomic E-state index is 9.78. The van der Waals surface area contributed by atoms with Crippen molar-refractivity contribution in [3.8, 4) is 0 Å². The van der Waals surface area contributed by atoms with E-state index in [9.17, 15) is 4.79 Å². The summed E-state index contributed by atoms with van der Waals surface area (Å²) in [4.78, 5) is 9.78. The molecule has 0 aliphatic carbocycles. The van der Waals surface area contributed by atoms with Gasteiger partial charge >= 0.3 is 0 Å². The van der Waals surface area contributed by atoms with Crippen molar-refractivity contribution in [2.24, 2.45) is 5.73 Å². The van der Waals surface area contributed by atoms with Crippen LogP contribution < -0.4 is 5.73 Å². The predicted octanol–water partition coefficient (Wildman–Crippen LogP) is 0.479. The molecule has 8 heavy (non-hydrogen) atoms. The van der Waals surface area contributed by atoms with Crippen molar-refractivity contribution >= 4 is 6.29 Å². The highest BCUT2D eigenvalue weighted by Gasteiger charge is 1.94. The fraction of sp³-hybridized carbons (Fsp3) is 0.500. The largest absolute Gasteiger partial charge is 0.327 e. The Balaban J connectivity index is 3.16. The average Bonchev–Trinajstić information content (AvgIpc) is 1.68. The number of rotatable bonds is 4. The summed E-state index contributed by atoms with van der Waals surface area (Å²) in [6.07, 6.45) is 3.70. The number of carbonyl (C=O) groups excluding carboxylic acids is 1. The highest BCUT2D eigenvalue weighted by molar-refractivity contribution is 5.50. The molecule has 1 atom stereocenters. The SMILES string of the molecule is C=CCC(N)CC=O. The van der Waals surface area contributed by atoms with E-state index in [2.05, 4.69) is 6.58 Å². The Morgan fingerprint density at radius 3 is 2.62 bits per heavy atom. The van der Waals surface area contributed by atoms with Gasteiger partial charge in [-0.05, 0) is 6.42 Å². The zero-order valence-corrected chi connectivity index (χ0v) is 4.84. The molecule has 0 saturated carbocycles. The molecule has 46 valence electrons. The van der Waals surface area contributed by atoms with Gasteiger partial charge in [0.15, 0.2) is 0 Å². The van der Waals surface area contributed by atoms with Gasteiger partial charge in [0.05, 0.1) is 0 Å². The second-order valence-corrected chi connectivity index (χ2v) is 1.69. The van der Waals surface area contributed by atoms with Gasteiger partial charge in [-0.1, -0.05) is 6.08 Å². The lowest BCUT2D eigenvalue weighted by Gasteiger charge is -2.00. The molecule has 0 amide bonds. The van der Waals surface area contributed by atoms with E-state index in [1.54, 1.807) is 6.08 Å². The van der Waals surface area contributed by atoms with Crippen molar-refractivity contribution < 1.29 is 4.79 Å². The quantitative estimate of drug-likeness (QED) is 0.425. The Bertz CT molecular complexity index is 70.6. The van der Waals surface area contributed by atoms with Crippen LogP contribution in [0.25, 0.3) is 0 Å². The van der Waals surface area contributed by atoms with Crippen molar-refractivity contribution in [3.05, 3.63) is 12.7 Å². The van der Waals surface area contributed by atoms with Crippen LogP contribution in [0.5, 0.6) is 0 Å². The molecule has 0 aromatic rings. The first-order valence-corrected chi connectivity index (χ1v) is 2.61. The zero-order chi connectivity index (χ0) is 6.41. The summed E-state index contributed by atoms with van der Waals surface area (Å²) in [5.74, 6) is 0. The third kappa shape index (κ3) is 3.56. The minimum atomic E-state index is -0.0231. The van der Waals surface area contributed by atoms with Crippen LogP contribution in [-0.2, 0) is 4.79 Å². The summed E-state index contributed by atoms with van der Waals surface area (Å²) < 4.78 is 0. The predicted molar refractivity (Wildman–Crippen MR) is 33.5 cm³/mol. The second kappa shape index (κ2) is 4.53. The fourth-order valence-electron chi connectivity index (χ4n) is 0.434. The van der Waals surface area contributed by atoms with Crippen LogP contribution in [0.15, 0.2) is 12.7 Å². The summed E-state index contributed by atoms with van der Waals surface area (Å²) in [7, 11) is 0. The van der Waals surface area contributed by atoms with Gasteiger partial charge < -0.3 is 10.5 Å². The van der Waals surface area contributed by atoms with Crippen LogP contribution in [0, 0.1) is 0 Å². The normalized spacial score (nSPS) is 12.6. The summed E-state index contributed by atoms with van der Waals surface area (Å²) in [6, 6.07) is -0.0231. The Morgan fingerprint density at radius 2 is 2.25 bits per heavy atom. The van der Waals surface area contributed by atoms with Crippen LogP contribution in [0.3, 0.4) is 0 Å². The van der Waals surface area contributed by atoms with Gasteiger partial charge in [0.1, 0.15) is 6.29 Å². The molecule has 2 heteroatoms. The molecule has 0 aliphatic heterocycles. The van der Waals surface area contributed by atoms with Crippen molar-refractivity contribution in [2.75, 3.05) is 0 Å². The monoisotopic (exact) mass is 113 g/mol. The molecule has 0 radical (unpaired) electrons. The highest BCUT2D eigenvalue weighted by Crippen LogP contribution is 1.90. The van der Waals surface area contributed by atoms with Crippen molar-refractivity contribution in [1.29, 1.82) is 0 Å². The van der Waals surface area contributed by atoms with Gasteiger partial charge in [-0.15, -0.1) is 6.58 Å². The lowest BCUT2D eigenvalue weighted by molar-refractivity contribution is -0.108. The number of aldehydes is 1. The molecule has 0 heterocycles. The van der Waals surface area contributed by atoms with E-state index in [0.29, 0.717) is 6.42 Å². The Morgan fingerprint density at radius 1 is 1.62 bits per heavy atom. The lowest BCUT2D eigenvalue weighted by Crippen LogP contribution is -2.18. The maximum Gasteiger partial charge on any atom is 0.121 e. The first-order chi connectivity index (χ1) is 3.81. The minimum absolute atomic E-state index is 0.0231. The van der Waals surface area contributed by atoms with Gasteiger partial charge in [0, 0.05) is 12.5 Å². The molecule has 0 spiro atoms. The fourth-order valence-corrected chi connectivity index (χ4v) is 0.434. The van der Waals surface area contributed by atoms with E-state index >= 15 is 0 Å². The summed E-state index contributed by atoms with van der Waals surface area (Å²) in [6.45, 7) is 3.49. The first-order valence-electron chi connectivity index (χ1n) is 2.61. The molecule has 0 aromatic carbocycles. The Labute approximate surface area is 49.4 Å². The number of carbonyl (C=O) groups is 1. The van der Waals surface area contributed by atoms with Crippen molar-refractivity contribution in [3.63, 3.8) is 0 Å². The molecular weight excluding hydrogens is 102 g/mol. The van der Waals surface area contributed by atoms with E-state index in [1.165, 1.54) is 0 Å². The molecule has 2 N–H and O–H groups in total. The lowest BCUT2D eigenvalue weighted by atomic mass is 10.2. The van der Waals surface area contributed by atoms with Crippen LogP contribution >= 0.6 is 0 Å². The van der Waals surface area contributed by atoms with E-state index in [0.717, 1.165) is 12.7 Å². The number of nitrogens with two attached hydrogens (primary N) is 1. The molecule has 0 fully saturated rings. The van der Waals surface area contributed by atoms with Crippen LogP contribution in [-0.4, -0.2) is 12.3 Å². The van der Waals surface area contributed by atoms with Crippen molar-refractivity contribution in [1.82, 2.24) is 0 Å². The van der Waals surface area contributed by atoms with E-state index in [4.69, 9.17) is 5.73 Å². The third-order valence-electron chi connectivity index (χ3n) is 0.868. The summed E-state index contributed by atoms with van der Waals surface area (Å²) >= 11 is 0. The molecule has 0 bridgehead atoms. The van der Waals surface area contributed by atoms with Crippen LogP contribution in [0.1, 0.15) is 12.8 Å². The topological polar surface area (TPSA) is 43.1 Å². The first kappa shape index (κ1) is 7.37. The van der Waals surface area contributed by atoms with Gasteiger partial charge in [0.25, 0.3) is 0 Å². The van der Waals surface area contributed by atoms with E-state index < -0.39 is 0 Å². The molecule has 0 aromatic heterocycles. The van der Waals surface area contributed by atoms with E-state index in [1.807, 2.05) is 0 Å². The standard InChI is InChI=1S/C6H11NO/c1-2-3-6(7)4-5-8/h2,5-6H,1,3-4,7H2. The van der Waals surface area contributed by atoms with Crippen LogP contribution in [0.2, 0.25) is 0 Å². The van der Waals surface area contributed by atoms with E-state index in [-0.39, 0.29) is 6.04 Å². The average molecular weight is 113 g/mol. The zero-order valence-electron chi connectivity index (χ0n) is 4.84. The highest BCUT2D eigenvalue weighted by atomic mass is 16.1. The molecule has 2 nitrogen and oxygen atoms in total. The molecule has 0 aliphatic rings. The van der Waals surface area contributed by atoms with Gasteiger partial charge in [-0.2, -0.15) is 0 Å². The summed E-state index contributed by atoms with van der Waals surface area (Å²) in [5, 5.41) is 0. The smallest absolute Gasteiger partial charge is 0.121 e. The third-order valence-corrected chi connectivity index (χ3v) is 0.868. The molecule has 0 rings (SSSR count). The maximum absolute atomic E-state index is 9.78. The molecular formula is C6H11NO. The molecule has 1 unspecified atom stereocenters. The number of hydrogen-bond donors (Lipinski definition) is 1. The Kier molecular flexibility index (Phi) is 4.17. The minimum Gasteiger partial charge on any atom is -0.327 e. The number of hydrogen-bond acceptors (Lipinski definition) is 2. The van der Waals surface area contributed by atoms with Gasteiger partial charge in [0.2, 0.25) is 0 Å². The van der Waals surface area contributed by atoms with Crippen molar-refractivity contribution in [2.45, 2.75) is 18.9 Å². The summed E-state index contributed by atoms with van der Waals surface area (Å²) in [5.41, 5.74) is 5.39. The van der Waals surface area contributed by atoms with Gasteiger partial charge in [-0.3, -0.25) is 0 Å². The molecule has 0 saturated heterocycles. The van der Waals surface area contributed by atoms with Gasteiger partial charge in [-0.25, -0.2) is 0 Å².